The molecule has 0 bridgehead atoms. The first kappa shape index (κ1) is 25.4. The van der Waals surface area contributed by atoms with Crippen molar-refractivity contribution in [3.8, 4) is 34.9 Å². The van der Waals surface area contributed by atoms with E-state index in [4.69, 9.17) is 0 Å². The topological polar surface area (TPSA) is 56.6 Å². The standard InChI is InChI=1S/C25H24F3N3O2/c1-6-13-31(5)24-17(3)21(18-8-10-20(11-9-18)33-25(26,27)28)15-19(22(24)16-29)12-14-30(4)23(32)7-2/h7-11,15H,2,12,14H2,1,3-5H3. The smallest absolute Gasteiger partial charge is 0.406 e. The first-order valence-corrected chi connectivity index (χ1v) is 9.98. The van der Waals surface area contributed by atoms with Gasteiger partial charge in [-0.1, -0.05) is 24.6 Å². The van der Waals surface area contributed by atoms with Crippen LogP contribution in [0.2, 0.25) is 0 Å². The number of nitriles is 1. The maximum absolute atomic E-state index is 12.5. The molecule has 1 amide bonds. The highest BCUT2D eigenvalue weighted by molar-refractivity contribution is 5.86. The second-order valence-corrected chi connectivity index (χ2v) is 7.25. The SMILES string of the molecule is C=CC(=O)N(C)CCc1cc(-c2ccc(OC(F)(F)F)cc2)c(C)c(N(C)C#CC)c1C#N. The fourth-order valence-corrected chi connectivity index (χ4v) is 3.48. The fourth-order valence-electron chi connectivity index (χ4n) is 3.48. The van der Waals surface area contributed by atoms with Crippen molar-refractivity contribution in [1.82, 2.24) is 4.90 Å². The van der Waals surface area contributed by atoms with Gasteiger partial charge < -0.3 is 14.5 Å². The van der Waals surface area contributed by atoms with E-state index in [-0.39, 0.29) is 11.7 Å². The van der Waals surface area contributed by atoms with Crippen LogP contribution in [0.15, 0.2) is 43.0 Å². The van der Waals surface area contributed by atoms with Crippen molar-refractivity contribution in [3.05, 3.63) is 59.7 Å². The zero-order valence-electron chi connectivity index (χ0n) is 18.9. The average Bonchev–Trinajstić information content (AvgIpc) is 2.76. The minimum atomic E-state index is -4.78. The Bertz CT molecular complexity index is 1140. The van der Waals surface area contributed by atoms with E-state index < -0.39 is 6.36 Å². The molecule has 0 N–H and O–H groups in total. The molecule has 2 aromatic carbocycles. The lowest BCUT2D eigenvalue weighted by Crippen LogP contribution is -2.27. The molecule has 0 aromatic heterocycles. The number of carbonyl (C=O) groups is 1. The van der Waals surface area contributed by atoms with Gasteiger partial charge in [0, 0.05) is 26.7 Å². The number of likely N-dealkylation sites (N-methyl/N-ethyl adjacent to an activating group) is 1. The number of hydrogen-bond acceptors (Lipinski definition) is 4. The Morgan fingerprint density at radius 1 is 1.24 bits per heavy atom. The largest absolute Gasteiger partial charge is 0.573 e. The van der Waals surface area contributed by atoms with Gasteiger partial charge in [0.2, 0.25) is 5.91 Å². The number of anilines is 1. The number of halogens is 3. The van der Waals surface area contributed by atoms with E-state index >= 15 is 0 Å². The van der Waals surface area contributed by atoms with Crippen LogP contribution >= 0.6 is 0 Å². The molecule has 0 aliphatic rings. The molecule has 5 nitrogen and oxygen atoms in total. The summed E-state index contributed by atoms with van der Waals surface area (Å²) in [7, 11) is 3.38. The van der Waals surface area contributed by atoms with Crippen LogP contribution in [0.1, 0.15) is 23.6 Å². The van der Waals surface area contributed by atoms with Gasteiger partial charge in [-0.15, -0.1) is 13.2 Å². The molecule has 0 spiro atoms. The van der Waals surface area contributed by atoms with E-state index in [0.29, 0.717) is 35.3 Å². The number of benzene rings is 2. The summed E-state index contributed by atoms with van der Waals surface area (Å²) in [5, 5.41) is 9.92. The van der Waals surface area contributed by atoms with Gasteiger partial charge in [0.25, 0.3) is 0 Å². The lowest BCUT2D eigenvalue weighted by molar-refractivity contribution is -0.274. The molecule has 2 aromatic rings. The summed E-state index contributed by atoms with van der Waals surface area (Å²) in [6.07, 6.45) is -3.17. The number of alkyl halides is 3. The Kier molecular flexibility index (Phi) is 8.15. The van der Waals surface area contributed by atoms with Crippen molar-refractivity contribution in [2.24, 2.45) is 0 Å². The second-order valence-electron chi connectivity index (χ2n) is 7.25. The maximum Gasteiger partial charge on any atom is 0.573 e. The zero-order chi connectivity index (χ0) is 24.8. The Hall–Kier alpha value is -3.91. The lowest BCUT2D eigenvalue weighted by Gasteiger charge is -2.23. The van der Waals surface area contributed by atoms with E-state index in [1.807, 2.05) is 13.0 Å². The molecular formula is C25H24F3N3O2. The fraction of sp³-hybridized carbons (Fsp3) is 0.280. The van der Waals surface area contributed by atoms with Crippen LogP contribution in [0.25, 0.3) is 11.1 Å². The second kappa shape index (κ2) is 10.6. The molecule has 8 heteroatoms. The predicted molar refractivity (Wildman–Crippen MR) is 121 cm³/mol. The van der Waals surface area contributed by atoms with Crippen molar-refractivity contribution < 1.29 is 22.7 Å². The van der Waals surface area contributed by atoms with Gasteiger partial charge in [-0.2, -0.15) is 5.26 Å². The van der Waals surface area contributed by atoms with Gasteiger partial charge in [0.15, 0.2) is 0 Å². The molecule has 0 atom stereocenters. The third-order valence-corrected chi connectivity index (χ3v) is 5.03. The summed E-state index contributed by atoms with van der Waals surface area (Å²) in [6, 6.07) is 12.5. The third kappa shape index (κ3) is 6.30. The lowest BCUT2D eigenvalue weighted by atomic mass is 9.90. The molecule has 0 aliphatic heterocycles. The number of ether oxygens (including phenoxy) is 1. The summed E-state index contributed by atoms with van der Waals surface area (Å²) >= 11 is 0. The monoisotopic (exact) mass is 455 g/mol. The molecule has 0 fully saturated rings. The van der Waals surface area contributed by atoms with Crippen molar-refractivity contribution in [3.63, 3.8) is 0 Å². The Balaban J connectivity index is 2.61. The third-order valence-electron chi connectivity index (χ3n) is 5.03. The summed E-state index contributed by atoms with van der Waals surface area (Å²) in [6.45, 7) is 7.34. The Morgan fingerprint density at radius 3 is 2.39 bits per heavy atom. The van der Waals surface area contributed by atoms with E-state index in [2.05, 4.69) is 29.3 Å². The van der Waals surface area contributed by atoms with Gasteiger partial charge in [-0.05, 0) is 66.8 Å². The van der Waals surface area contributed by atoms with Gasteiger partial charge >= 0.3 is 6.36 Å². The van der Waals surface area contributed by atoms with Gasteiger partial charge in [-0.25, -0.2) is 0 Å². The molecule has 0 saturated carbocycles. The van der Waals surface area contributed by atoms with Crippen molar-refractivity contribution >= 4 is 11.6 Å². The first-order valence-electron chi connectivity index (χ1n) is 9.98. The number of amides is 1. The number of hydrogen-bond donors (Lipinski definition) is 0. The Labute approximate surface area is 191 Å². The van der Waals surface area contributed by atoms with Crippen molar-refractivity contribution in [2.45, 2.75) is 26.6 Å². The zero-order valence-corrected chi connectivity index (χ0v) is 18.9. The van der Waals surface area contributed by atoms with Crippen molar-refractivity contribution in [1.29, 1.82) is 5.26 Å². The first-order chi connectivity index (χ1) is 15.5. The minimum absolute atomic E-state index is 0.240. The van der Waals surface area contributed by atoms with E-state index in [0.717, 1.165) is 11.1 Å². The van der Waals surface area contributed by atoms with Crippen LogP contribution in [0.5, 0.6) is 5.75 Å². The summed E-state index contributed by atoms with van der Waals surface area (Å²) in [5.74, 6) is 2.24. The number of carbonyl (C=O) groups excluding carboxylic acids is 1. The summed E-state index contributed by atoms with van der Waals surface area (Å²) in [5.41, 5.74) is 3.87. The highest BCUT2D eigenvalue weighted by Gasteiger charge is 2.31. The van der Waals surface area contributed by atoms with Crippen LogP contribution in [0.4, 0.5) is 18.9 Å². The molecule has 172 valence electrons. The summed E-state index contributed by atoms with van der Waals surface area (Å²) in [4.78, 5) is 15.0. The maximum atomic E-state index is 12.5. The highest BCUT2D eigenvalue weighted by Crippen LogP contribution is 2.37. The molecule has 0 radical (unpaired) electrons. The normalized spacial score (nSPS) is 10.5. The van der Waals surface area contributed by atoms with Crippen LogP contribution in [-0.4, -0.2) is 37.8 Å². The molecule has 2 rings (SSSR count). The van der Waals surface area contributed by atoms with Crippen molar-refractivity contribution in [2.75, 3.05) is 25.5 Å². The van der Waals surface area contributed by atoms with Crippen LogP contribution in [0.3, 0.4) is 0 Å². The Morgan fingerprint density at radius 2 is 1.88 bits per heavy atom. The minimum Gasteiger partial charge on any atom is -0.406 e. The van der Waals surface area contributed by atoms with Gasteiger partial charge in [-0.3, -0.25) is 4.79 Å². The van der Waals surface area contributed by atoms with E-state index in [1.165, 1.54) is 35.2 Å². The molecule has 0 saturated heterocycles. The molecule has 0 unspecified atom stereocenters. The van der Waals surface area contributed by atoms with Gasteiger partial charge in [0.1, 0.15) is 11.8 Å². The van der Waals surface area contributed by atoms with Gasteiger partial charge in [0.05, 0.1) is 11.3 Å². The molecule has 33 heavy (non-hydrogen) atoms. The quantitative estimate of drug-likeness (QED) is 0.334. The number of nitrogens with zero attached hydrogens (tertiary/aromatic N) is 3. The molecular weight excluding hydrogens is 431 g/mol. The number of rotatable bonds is 7. The van der Waals surface area contributed by atoms with Crippen LogP contribution < -0.4 is 9.64 Å². The van der Waals surface area contributed by atoms with Crippen LogP contribution in [-0.2, 0) is 11.2 Å². The molecule has 0 heterocycles. The molecule has 0 aliphatic carbocycles. The van der Waals surface area contributed by atoms with Crippen LogP contribution in [0, 0.1) is 30.2 Å². The van der Waals surface area contributed by atoms with E-state index in [9.17, 15) is 23.2 Å². The highest BCUT2D eigenvalue weighted by atomic mass is 19.4. The van der Waals surface area contributed by atoms with E-state index in [1.54, 1.807) is 25.9 Å². The summed E-state index contributed by atoms with van der Waals surface area (Å²) < 4.78 is 41.5. The predicted octanol–water partition coefficient (Wildman–Crippen LogP) is 5.04. The average molecular weight is 455 g/mol.